The van der Waals surface area contributed by atoms with E-state index in [9.17, 15) is 14.4 Å². The molecule has 98 valence electrons. The number of hydrogen-bond donors (Lipinski definition) is 2. The number of nitrogens with one attached hydrogen (secondary N) is 1. The molecule has 1 amide bonds. The molecule has 0 radical (unpaired) electrons. The summed E-state index contributed by atoms with van der Waals surface area (Å²) < 4.78 is 13.3. The lowest BCUT2D eigenvalue weighted by Gasteiger charge is -2.26. The molecule has 1 fully saturated rings. The number of benzene rings is 1. The van der Waals surface area contributed by atoms with Gasteiger partial charge < -0.3 is 10.5 Å². The zero-order valence-corrected chi connectivity index (χ0v) is 10.3. The maximum Gasteiger partial charge on any atom is 0.227 e. The van der Waals surface area contributed by atoms with E-state index < -0.39 is 0 Å². The highest BCUT2D eigenvalue weighted by Crippen LogP contribution is 2.19. The van der Waals surface area contributed by atoms with Crippen molar-refractivity contribution in [2.24, 2.45) is 5.92 Å². The van der Waals surface area contributed by atoms with E-state index in [0.29, 0.717) is 37.2 Å². The summed E-state index contributed by atoms with van der Waals surface area (Å²) in [5.74, 6) is -0.540. The molecule has 5 heteroatoms. The van der Waals surface area contributed by atoms with Gasteiger partial charge in [0.1, 0.15) is 5.82 Å². The fraction of sp³-hybridized carbons (Fsp3) is 0.462. The number of carbonyl (C=O) groups excluding carboxylic acids is 1. The zero-order chi connectivity index (χ0) is 13.1. The number of nitrogens with zero attached hydrogens (tertiary/aromatic N) is 1. The Morgan fingerprint density at radius 3 is 2.72 bits per heavy atom. The second-order valence-electron chi connectivity index (χ2n) is 4.68. The Kier molecular flexibility index (Phi) is 3.93. The smallest absolute Gasteiger partial charge is 0.227 e. The van der Waals surface area contributed by atoms with Crippen LogP contribution in [0.25, 0.3) is 0 Å². The molecule has 1 aliphatic rings. The molecule has 0 bridgehead atoms. The maximum absolute atomic E-state index is 13.3. The molecule has 0 atom stereocenters. The van der Waals surface area contributed by atoms with Gasteiger partial charge in [0.25, 0.3) is 0 Å². The first-order valence-electron chi connectivity index (χ1n) is 6.07. The van der Waals surface area contributed by atoms with Crippen molar-refractivity contribution in [3.05, 3.63) is 29.6 Å². The summed E-state index contributed by atoms with van der Waals surface area (Å²) in [6.45, 7) is 2.68. The molecule has 4 nitrogen and oxygen atoms in total. The molecule has 1 aromatic rings. The third-order valence-electron chi connectivity index (χ3n) is 3.28. The van der Waals surface area contributed by atoms with E-state index in [-0.39, 0.29) is 17.6 Å². The van der Waals surface area contributed by atoms with Crippen molar-refractivity contribution in [2.45, 2.75) is 19.8 Å². The molecule has 2 rings (SSSR count). The highest BCUT2D eigenvalue weighted by molar-refractivity contribution is 5.92. The van der Waals surface area contributed by atoms with E-state index in [1.807, 2.05) is 0 Å². The number of hydrogen-bond acceptors (Lipinski definition) is 3. The van der Waals surface area contributed by atoms with Crippen molar-refractivity contribution in [1.82, 2.24) is 5.06 Å². The van der Waals surface area contributed by atoms with E-state index in [2.05, 4.69) is 5.32 Å². The second kappa shape index (κ2) is 5.46. The number of carbonyl (C=O) groups is 1. The lowest BCUT2D eigenvalue weighted by Crippen LogP contribution is -2.36. The standard InChI is InChI=1S/C13H17FN2O2/c1-9-2-3-11(8-12(9)14)15-13(17)10-4-6-16(18)7-5-10/h2-3,8,10,18H,4-7H2,1H3,(H,15,17). The van der Waals surface area contributed by atoms with E-state index in [4.69, 9.17) is 0 Å². The molecule has 0 spiro atoms. The summed E-state index contributed by atoms with van der Waals surface area (Å²) in [5.41, 5.74) is 1.04. The molecule has 0 aromatic heterocycles. The van der Waals surface area contributed by atoms with E-state index in [1.165, 1.54) is 11.1 Å². The van der Waals surface area contributed by atoms with Gasteiger partial charge >= 0.3 is 0 Å². The first-order valence-corrected chi connectivity index (χ1v) is 6.07. The molecule has 0 aliphatic carbocycles. The number of aryl methyl sites for hydroxylation is 1. The van der Waals surface area contributed by atoms with E-state index in [1.54, 1.807) is 19.1 Å². The Hall–Kier alpha value is -1.46. The van der Waals surface area contributed by atoms with Gasteiger partial charge in [-0.1, -0.05) is 6.07 Å². The van der Waals surface area contributed by atoms with Gasteiger partial charge in [-0.15, -0.1) is 0 Å². The van der Waals surface area contributed by atoms with Crippen LogP contribution in [0.2, 0.25) is 0 Å². The van der Waals surface area contributed by atoms with Crippen LogP contribution >= 0.6 is 0 Å². The molecule has 2 N–H and O–H groups in total. The number of anilines is 1. The minimum atomic E-state index is -0.321. The molecule has 18 heavy (non-hydrogen) atoms. The monoisotopic (exact) mass is 252 g/mol. The fourth-order valence-corrected chi connectivity index (χ4v) is 2.04. The van der Waals surface area contributed by atoms with Crippen LogP contribution in [0.1, 0.15) is 18.4 Å². The first-order chi connectivity index (χ1) is 8.56. The molecule has 1 aliphatic heterocycles. The maximum atomic E-state index is 13.3. The normalized spacial score (nSPS) is 17.7. The Morgan fingerprint density at radius 1 is 1.44 bits per heavy atom. The Bertz CT molecular complexity index is 443. The summed E-state index contributed by atoms with van der Waals surface area (Å²) in [5, 5.41) is 13.2. The van der Waals surface area contributed by atoms with Crippen LogP contribution in [-0.4, -0.2) is 29.3 Å². The highest BCUT2D eigenvalue weighted by Gasteiger charge is 2.24. The number of rotatable bonds is 2. The number of hydroxylamine groups is 2. The number of piperidine rings is 1. The van der Waals surface area contributed by atoms with Gasteiger partial charge in [-0.05, 0) is 37.5 Å². The average Bonchev–Trinajstić information content (AvgIpc) is 2.34. The fourth-order valence-electron chi connectivity index (χ4n) is 2.04. The zero-order valence-electron chi connectivity index (χ0n) is 10.3. The third-order valence-corrected chi connectivity index (χ3v) is 3.28. The van der Waals surface area contributed by atoms with Crippen LogP contribution in [0, 0.1) is 18.7 Å². The molecule has 1 aromatic carbocycles. The minimum Gasteiger partial charge on any atom is -0.326 e. The van der Waals surface area contributed by atoms with Gasteiger partial charge in [0, 0.05) is 24.7 Å². The summed E-state index contributed by atoms with van der Waals surface area (Å²) in [7, 11) is 0. The molecular weight excluding hydrogens is 235 g/mol. The van der Waals surface area contributed by atoms with Gasteiger partial charge in [0.2, 0.25) is 5.91 Å². The lowest BCUT2D eigenvalue weighted by molar-refractivity contribution is -0.132. The molecule has 0 saturated carbocycles. The Labute approximate surface area is 105 Å². The van der Waals surface area contributed by atoms with Gasteiger partial charge in [-0.3, -0.25) is 4.79 Å². The van der Waals surface area contributed by atoms with Crippen molar-refractivity contribution in [1.29, 1.82) is 0 Å². The Morgan fingerprint density at radius 2 is 2.11 bits per heavy atom. The van der Waals surface area contributed by atoms with Crippen LogP contribution in [0.15, 0.2) is 18.2 Å². The van der Waals surface area contributed by atoms with Crippen LogP contribution in [0.5, 0.6) is 0 Å². The predicted molar refractivity (Wildman–Crippen MR) is 65.9 cm³/mol. The van der Waals surface area contributed by atoms with Crippen molar-refractivity contribution in [2.75, 3.05) is 18.4 Å². The quantitative estimate of drug-likeness (QED) is 0.848. The molecule has 1 saturated heterocycles. The number of amides is 1. The van der Waals surface area contributed by atoms with Crippen LogP contribution in [0.4, 0.5) is 10.1 Å². The van der Waals surface area contributed by atoms with Gasteiger partial charge in [0.05, 0.1) is 0 Å². The van der Waals surface area contributed by atoms with Gasteiger partial charge in [-0.25, -0.2) is 4.39 Å². The third kappa shape index (κ3) is 3.05. The largest absolute Gasteiger partial charge is 0.326 e. The summed E-state index contributed by atoms with van der Waals surface area (Å²) in [4.78, 5) is 11.9. The molecular formula is C13H17FN2O2. The topological polar surface area (TPSA) is 52.6 Å². The van der Waals surface area contributed by atoms with Crippen molar-refractivity contribution in [3.63, 3.8) is 0 Å². The first kappa shape index (κ1) is 13.0. The Balaban J connectivity index is 1.96. The minimum absolute atomic E-state index is 0.105. The summed E-state index contributed by atoms with van der Waals surface area (Å²) in [6.07, 6.45) is 1.24. The summed E-state index contributed by atoms with van der Waals surface area (Å²) >= 11 is 0. The van der Waals surface area contributed by atoms with Gasteiger partial charge in [-0.2, -0.15) is 5.06 Å². The van der Waals surface area contributed by atoms with Crippen molar-refractivity contribution < 1.29 is 14.4 Å². The highest BCUT2D eigenvalue weighted by atomic mass is 19.1. The van der Waals surface area contributed by atoms with E-state index >= 15 is 0 Å². The van der Waals surface area contributed by atoms with Crippen molar-refractivity contribution in [3.8, 4) is 0 Å². The molecule has 0 unspecified atom stereocenters. The number of halogens is 1. The lowest BCUT2D eigenvalue weighted by atomic mass is 9.97. The predicted octanol–water partition coefficient (Wildman–Crippen LogP) is 2.17. The summed E-state index contributed by atoms with van der Waals surface area (Å²) in [6, 6.07) is 4.66. The van der Waals surface area contributed by atoms with Crippen molar-refractivity contribution >= 4 is 11.6 Å². The molecule has 1 heterocycles. The van der Waals surface area contributed by atoms with Crippen LogP contribution < -0.4 is 5.32 Å². The van der Waals surface area contributed by atoms with Gasteiger partial charge in [0.15, 0.2) is 0 Å². The SMILES string of the molecule is Cc1ccc(NC(=O)C2CCN(O)CC2)cc1F. The second-order valence-corrected chi connectivity index (χ2v) is 4.68. The van der Waals surface area contributed by atoms with E-state index in [0.717, 1.165) is 0 Å². The average molecular weight is 252 g/mol. The van der Waals surface area contributed by atoms with Crippen LogP contribution in [-0.2, 0) is 4.79 Å². The van der Waals surface area contributed by atoms with Crippen LogP contribution in [0.3, 0.4) is 0 Å².